The van der Waals surface area contributed by atoms with Crippen molar-refractivity contribution in [1.82, 2.24) is 10.3 Å². The number of nitrogens with two attached hydrogens (primary N) is 1. The lowest BCUT2D eigenvalue weighted by atomic mass is 10.1. The second-order valence-corrected chi connectivity index (χ2v) is 6.60. The molecule has 1 amide bonds. The van der Waals surface area contributed by atoms with Gasteiger partial charge in [0.1, 0.15) is 4.88 Å². The number of hydrogen-bond donors (Lipinski definition) is 2. The van der Waals surface area contributed by atoms with Crippen LogP contribution >= 0.6 is 11.3 Å². The Bertz CT molecular complexity index is 938. The van der Waals surface area contributed by atoms with Gasteiger partial charge in [0, 0.05) is 24.3 Å². The van der Waals surface area contributed by atoms with Gasteiger partial charge in [0.25, 0.3) is 5.91 Å². The van der Waals surface area contributed by atoms with Crippen LogP contribution in [0.1, 0.15) is 34.6 Å². The highest BCUT2D eigenvalue weighted by atomic mass is 32.1. The number of anilines is 1. The number of pyridine rings is 1. The van der Waals surface area contributed by atoms with E-state index in [1.807, 2.05) is 39.0 Å². The molecule has 0 aliphatic carbocycles. The van der Waals surface area contributed by atoms with Crippen molar-refractivity contribution >= 4 is 33.0 Å². The molecule has 0 spiro atoms. The van der Waals surface area contributed by atoms with E-state index in [4.69, 9.17) is 15.2 Å². The van der Waals surface area contributed by atoms with Gasteiger partial charge in [0.05, 0.1) is 24.6 Å². The van der Waals surface area contributed by atoms with Crippen molar-refractivity contribution in [3.63, 3.8) is 0 Å². The summed E-state index contributed by atoms with van der Waals surface area (Å²) in [5.41, 5.74) is 8.55. The minimum absolute atomic E-state index is 0.201. The summed E-state index contributed by atoms with van der Waals surface area (Å²) in [7, 11) is 3.16. The quantitative estimate of drug-likeness (QED) is 0.686. The highest BCUT2D eigenvalue weighted by Crippen LogP contribution is 2.35. The van der Waals surface area contributed by atoms with Crippen molar-refractivity contribution in [2.45, 2.75) is 27.3 Å². The van der Waals surface area contributed by atoms with Crippen LogP contribution in [-0.2, 0) is 6.54 Å². The number of hydrogen-bond acceptors (Lipinski definition) is 6. The van der Waals surface area contributed by atoms with Crippen LogP contribution in [0.5, 0.6) is 11.5 Å². The number of aromatic nitrogens is 1. The van der Waals surface area contributed by atoms with Gasteiger partial charge in [0.2, 0.25) is 0 Å². The molecule has 27 heavy (non-hydrogen) atoms. The highest BCUT2D eigenvalue weighted by Gasteiger charge is 2.17. The van der Waals surface area contributed by atoms with Crippen molar-refractivity contribution < 1.29 is 14.3 Å². The van der Waals surface area contributed by atoms with Gasteiger partial charge in [-0.15, -0.1) is 11.3 Å². The molecule has 3 aromatic rings. The number of rotatable bonds is 5. The van der Waals surface area contributed by atoms with E-state index in [9.17, 15) is 4.79 Å². The monoisotopic (exact) mass is 387 g/mol. The van der Waals surface area contributed by atoms with Gasteiger partial charge < -0.3 is 20.5 Å². The lowest BCUT2D eigenvalue weighted by Crippen LogP contribution is -2.22. The average Bonchev–Trinajstić information content (AvgIpc) is 3.05. The smallest absolute Gasteiger partial charge is 0.263 e. The molecule has 3 rings (SSSR count). The molecule has 3 N–H and O–H groups in total. The van der Waals surface area contributed by atoms with Crippen molar-refractivity contribution in [3.8, 4) is 11.5 Å². The Kier molecular flexibility index (Phi) is 7.01. The van der Waals surface area contributed by atoms with E-state index in [1.165, 1.54) is 11.3 Å². The topological polar surface area (TPSA) is 86.5 Å². The number of nitrogen functional groups attached to an aromatic ring is 1. The van der Waals surface area contributed by atoms with Gasteiger partial charge in [-0.05, 0) is 30.2 Å². The fourth-order valence-corrected chi connectivity index (χ4v) is 3.75. The third-order valence-electron chi connectivity index (χ3n) is 3.93. The van der Waals surface area contributed by atoms with Crippen LogP contribution in [0.3, 0.4) is 0 Å². The number of ether oxygens (including phenoxy) is 2. The van der Waals surface area contributed by atoms with Crippen LogP contribution in [0.2, 0.25) is 0 Å². The Balaban J connectivity index is 0.00000126. The third-order valence-corrected chi connectivity index (χ3v) is 5.07. The largest absolute Gasteiger partial charge is 0.493 e. The summed E-state index contributed by atoms with van der Waals surface area (Å²) in [4.78, 5) is 17.2. The van der Waals surface area contributed by atoms with Crippen molar-refractivity contribution in [3.05, 3.63) is 46.6 Å². The molecule has 2 aromatic heterocycles. The number of carbonyl (C=O) groups is 1. The Morgan fingerprint density at radius 1 is 1.19 bits per heavy atom. The van der Waals surface area contributed by atoms with Crippen LogP contribution in [0.15, 0.2) is 30.6 Å². The maximum atomic E-state index is 12.5. The van der Waals surface area contributed by atoms with Gasteiger partial charge in [-0.3, -0.25) is 9.78 Å². The minimum atomic E-state index is -0.201. The van der Waals surface area contributed by atoms with E-state index in [2.05, 4.69) is 10.3 Å². The third kappa shape index (κ3) is 4.31. The molecule has 0 fully saturated rings. The number of carbonyl (C=O) groups excluding carboxylic acids is 1. The van der Waals surface area contributed by atoms with E-state index in [-0.39, 0.29) is 5.91 Å². The summed E-state index contributed by atoms with van der Waals surface area (Å²) in [6.07, 6.45) is 3.48. The number of fused-ring (bicyclic) bond motifs is 1. The summed E-state index contributed by atoms with van der Waals surface area (Å²) in [6, 6.07) is 5.52. The molecule has 0 saturated heterocycles. The van der Waals surface area contributed by atoms with Gasteiger partial charge in [-0.2, -0.15) is 0 Å². The number of thiophene rings is 1. The number of methoxy groups -OCH3 is 2. The normalized spacial score (nSPS) is 10.1. The highest BCUT2D eigenvalue weighted by molar-refractivity contribution is 7.21. The molecule has 0 bridgehead atoms. The fraction of sp³-hybridized carbons (Fsp3) is 0.300. The number of aryl methyl sites for hydroxylation is 1. The van der Waals surface area contributed by atoms with Crippen molar-refractivity contribution in [2.75, 3.05) is 20.0 Å². The first kappa shape index (κ1) is 20.5. The molecule has 0 atom stereocenters. The molecule has 0 unspecified atom stereocenters. The van der Waals surface area contributed by atoms with Crippen molar-refractivity contribution in [1.29, 1.82) is 0 Å². The second kappa shape index (κ2) is 9.23. The SMILES string of the molecule is CC.COc1ccc(CNC(=O)c2sc3cncc(C)c3c2N)cc1OC. The predicted octanol–water partition coefficient (Wildman–Crippen LogP) is 4.16. The Labute approximate surface area is 163 Å². The number of nitrogens with one attached hydrogen (secondary N) is 1. The standard InChI is InChI=1S/C18H19N3O3S.C2H6/c1-10-7-20-9-14-15(10)16(19)17(25-14)18(22)21-8-11-4-5-12(23-2)13(6-11)24-3;1-2/h4-7,9H,8,19H2,1-3H3,(H,21,22);1-2H3. The first-order chi connectivity index (χ1) is 13.0. The maximum absolute atomic E-state index is 12.5. The zero-order chi connectivity index (χ0) is 20.0. The van der Waals surface area contributed by atoms with Crippen LogP contribution in [0.25, 0.3) is 10.1 Å². The van der Waals surface area contributed by atoms with E-state index in [1.54, 1.807) is 26.6 Å². The molecule has 2 heterocycles. The fourth-order valence-electron chi connectivity index (χ4n) is 2.66. The Hall–Kier alpha value is -2.80. The minimum Gasteiger partial charge on any atom is -0.493 e. The number of amides is 1. The second-order valence-electron chi connectivity index (χ2n) is 5.55. The Morgan fingerprint density at radius 3 is 2.52 bits per heavy atom. The molecule has 7 heteroatoms. The predicted molar refractivity (Wildman–Crippen MR) is 111 cm³/mol. The van der Waals surface area contributed by atoms with E-state index in [0.717, 1.165) is 21.2 Å². The van der Waals surface area contributed by atoms with E-state index >= 15 is 0 Å². The van der Waals surface area contributed by atoms with Crippen LogP contribution in [0.4, 0.5) is 5.69 Å². The van der Waals surface area contributed by atoms with Crippen LogP contribution < -0.4 is 20.5 Å². The zero-order valence-corrected chi connectivity index (χ0v) is 17.1. The molecule has 0 aliphatic rings. The van der Waals surface area contributed by atoms with E-state index < -0.39 is 0 Å². The Morgan fingerprint density at radius 2 is 1.89 bits per heavy atom. The van der Waals surface area contributed by atoms with Crippen LogP contribution in [0, 0.1) is 6.92 Å². The van der Waals surface area contributed by atoms with Crippen LogP contribution in [-0.4, -0.2) is 25.1 Å². The van der Waals surface area contributed by atoms with Gasteiger partial charge in [-0.25, -0.2) is 0 Å². The van der Waals surface area contributed by atoms with Gasteiger partial charge in [0.15, 0.2) is 11.5 Å². The van der Waals surface area contributed by atoms with E-state index in [0.29, 0.717) is 28.6 Å². The van der Waals surface area contributed by atoms with Gasteiger partial charge in [-0.1, -0.05) is 19.9 Å². The molecular formula is C20H25N3O3S. The lowest BCUT2D eigenvalue weighted by Gasteiger charge is -2.10. The summed E-state index contributed by atoms with van der Waals surface area (Å²) in [5.74, 6) is 1.07. The zero-order valence-electron chi connectivity index (χ0n) is 16.3. The first-order valence-corrected chi connectivity index (χ1v) is 9.48. The summed E-state index contributed by atoms with van der Waals surface area (Å²) >= 11 is 1.35. The number of benzene rings is 1. The lowest BCUT2D eigenvalue weighted by molar-refractivity contribution is 0.0956. The summed E-state index contributed by atoms with van der Waals surface area (Å²) in [5, 5.41) is 3.80. The summed E-state index contributed by atoms with van der Waals surface area (Å²) in [6.45, 7) is 6.30. The molecular weight excluding hydrogens is 362 g/mol. The average molecular weight is 388 g/mol. The molecule has 6 nitrogen and oxygen atoms in total. The maximum Gasteiger partial charge on any atom is 0.263 e. The molecule has 0 saturated carbocycles. The molecule has 1 aromatic carbocycles. The van der Waals surface area contributed by atoms with Gasteiger partial charge >= 0.3 is 0 Å². The molecule has 0 radical (unpaired) electrons. The first-order valence-electron chi connectivity index (χ1n) is 8.66. The molecule has 144 valence electrons. The molecule has 0 aliphatic heterocycles. The number of nitrogens with zero attached hydrogens (tertiary/aromatic N) is 1. The summed E-state index contributed by atoms with van der Waals surface area (Å²) < 4.78 is 11.4. The van der Waals surface area contributed by atoms with Crippen molar-refractivity contribution in [2.24, 2.45) is 0 Å².